The average Bonchev–Trinajstić information content (AvgIpc) is 3.32. The lowest BCUT2D eigenvalue weighted by molar-refractivity contribution is -0.138. The van der Waals surface area contributed by atoms with Gasteiger partial charge in [-0.2, -0.15) is 13.2 Å². The number of nitrogens with one attached hydrogen (secondary N) is 1. The summed E-state index contributed by atoms with van der Waals surface area (Å²) in [6.45, 7) is 0. The molecule has 2 aromatic rings. The van der Waals surface area contributed by atoms with Gasteiger partial charge in [-0.1, -0.05) is 41.4 Å². The fourth-order valence-corrected chi connectivity index (χ4v) is 3.29. The number of carbonyl (C=O) groups is 1. The van der Waals surface area contributed by atoms with Crippen LogP contribution < -0.4 is 11.1 Å². The maximum absolute atomic E-state index is 13.1. The summed E-state index contributed by atoms with van der Waals surface area (Å²) < 4.78 is 39.3. The molecule has 3 rings (SSSR count). The smallest absolute Gasteiger partial charge is 0.396 e. The third kappa shape index (κ3) is 3.70. The molecule has 1 aliphatic rings. The minimum Gasteiger partial charge on any atom is -0.396 e. The Morgan fingerprint density at radius 3 is 2.36 bits per heavy atom. The summed E-state index contributed by atoms with van der Waals surface area (Å²) in [5.74, 6) is -1.37. The van der Waals surface area contributed by atoms with Gasteiger partial charge in [-0.15, -0.1) is 0 Å². The van der Waals surface area contributed by atoms with E-state index in [0.29, 0.717) is 12.1 Å². The van der Waals surface area contributed by atoms with Crippen LogP contribution in [0.3, 0.4) is 0 Å². The second-order valence-electron chi connectivity index (χ2n) is 5.88. The number of anilines is 2. The van der Waals surface area contributed by atoms with Gasteiger partial charge >= 0.3 is 6.18 Å². The predicted molar refractivity (Wildman–Crippen MR) is 91.8 cm³/mol. The van der Waals surface area contributed by atoms with E-state index in [1.54, 1.807) is 0 Å². The van der Waals surface area contributed by atoms with Gasteiger partial charge in [0.25, 0.3) is 0 Å². The van der Waals surface area contributed by atoms with Crippen molar-refractivity contribution in [3.8, 4) is 0 Å². The van der Waals surface area contributed by atoms with Crippen molar-refractivity contribution in [2.45, 2.75) is 18.5 Å². The number of hydrogen-bond acceptors (Lipinski definition) is 2. The van der Waals surface area contributed by atoms with E-state index in [4.69, 9.17) is 28.9 Å². The molecule has 0 aliphatic heterocycles. The Balaban J connectivity index is 1.76. The Bertz CT molecular complexity index is 816. The van der Waals surface area contributed by atoms with Crippen LogP contribution in [0.1, 0.15) is 23.5 Å². The van der Waals surface area contributed by atoms with Gasteiger partial charge in [-0.25, -0.2) is 0 Å². The minimum absolute atomic E-state index is 0.142. The van der Waals surface area contributed by atoms with Gasteiger partial charge in [0.05, 0.1) is 21.3 Å². The fourth-order valence-electron chi connectivity index (χ4n) is 2.80. The molecule has 0 radical (unpaired) electrons. The van der Waals surface area contributed by atoms with Gasteiger partial charge in [0.2, 0.25) is 5.91 Å². The molecule has 8 heteroatoms. The maximum Gasteiger partial charge on any atom is 0.416 e. The Morgan fingerprint density at radius 1 is 1.16 bits per heavy atom. The number of hydrogen-bond donors (Lipinski definition) is 2. The zero-order chi connectivity index (χ0) is 18.4. The van der Waals surface area contributed by atoms with Gasteiger partial charge in [0.1, 0.15) is 0 Å². The van der Waals surface area contributed by atoms with Gasteiger partial charge in [-0.05, 0) is 36.1 Å². The molecule has 1 fully saturated rings. The SMILES string of the molecule is Nc1c(Cl)cc(NC(=O)C2CC2c2ccccc2C(F)(F)F)cc1Cl. The van der Waals surface area contributed by atoms with Crippen LogP contribution in [0.25, 0.3) is 0 Å². The Kier molecular flexibility index (Phi) is 4.60. The third-order valence-electron chi connectivity index (χ3n) is 4.14. The summed E-state index contributed by atoms with van der Waals surface area (Å²) in [4.78, 5) is 12.3. The van der Waals surface area contributed by atoms with Crippen LogP contribution in [0.15, 0.2) is 36.4 Å². The number of rotatable bonds is 3. The predicted octanol–water partition coefficient (Wildman–Crippen LogP) is 5.34. The molecule has 2 aromatic carbocycles. The second kappa shape index (κ2) is 6.42. The molecule has 0 saturated heterocycles. The monoisotopic (exact) mass is 388 g/mol. The number of nitrogen functional groups attached to an aromatic ring is 1. The molecule has 1 saturated carbocycles. The van der Waals surface area contributed by atoms with E-state index in [1.165, 1.54) is 30.3 Å². The molecule has 0 spiro atoms. The van der Waals surface area contributed by atoms with Crippen LogP contribution >= 0.6 is 23.2 Å². The summed E-state index contributed by atoms with van der Waals surface area (Å²) in [6.07, 6.45) is -4.09. The summed E-state index contributed by atoms with van der Waals surface area (Å²) >= 11 is 11.8. The number of benzene rings is 2. The van der Waals surface area contributed by atoms with Crippen LogP contribution in [-0.2, 0) is 11.0 Å². The van der Waals surface area contributed by atoms with Crippen LogP contribution in [-0.4, -0.2) is 5.91 Å². The lowest BCUT2D eigenvalue weighted by Crippen LogP contribution is -2.15. The molecule has 2 atom stereocenters. The average molecular weight is 389 g/mol. The number of nitrogens with two attached hydrogens (primary N) is 1. The van der Waals surface area contributed by atoms with Crippen molar-refractivity contribution < 1.29 is 18.0 Å². The first-order valence-corrected chi connectivity index (χ1v) is 8.15. The van der Waals surface area contributed by atoms with Crippen molar-refractivity contribution in [3.63, 3.8) is 0 Å². The lowest BCUT2D eigenvalue weighted by Gasteiger charge is -2.12. The van der Waals surface area contributed by atoms with E-state index < -0.39 is 23.6 Å². The van der Waals surface area contributed by atoms with Crippen molar-refractivity contribution in [2.75, 3.05) is 11.1 Å². The summed E-state index contributed by atoms with van der Waals surface area (Å²) in [5.41, 5.74) is 5.62. The Labute approximate surface area is 151 Å². The molecule has 25 heavy (non-hydrogen) atoms. The van der Waals surface area contributed by atoms with Crippen LogP contribution in [0.5, 0.6) is 0 Å². The Hall–Kier alpha value is -1.92. The molecule has 2 unspecified atom stereocenters. The van der Waals surface area contributed by atoms with Crippen molar-refractivity contribution in [3.05, 3.63) is 57.6 Å². The van der Waals surface area contributed by atoms with E-state index in [-0.39, 0.29) is 27.2 Å². The van der Waals surface area contributed by atoms with Gasteiger partial charge < -0.3 is 11.1 Å². The molecule has 0 bridgehead atoms. The number of amides is 1. The zero-order valence-corrected chi connectivity index (χ0v) is 14.2. The number of alkyl halides is 3. The fraction of sp³-hybridized carbons (Fsp3) is 0.235. The van der Waals surface area contributed by atoms with Crippen LogP contribution in [0.2, 0.25) is 10.0 Å². The summed E-state index contributed by atoms with van der Waals surface area (Å²) in [6, 6.07) is 8.21. The number of carbonyl (C=O) groups excluding carboxylic acids is 1. The van der Waals surface area contributed by atoms with E-state index in [1.807, 2.05) is 0 Å². The van der Waals surface area contributed by atoms with E-state index >= 15 is 0 Å². The first kappa shape index (κ1) is 17.9. The highest BCUT2D eigenvalue weighted by Gasteiger charge is 2.47. The van der Waals surface area contributed by atoms with Crippen LogP contribution in [0.4, 0.5) is 24.5 Å². The molecule has 3 N–H and O–H groups in total. The quantitative estimate of drug-likeness (QED) is 0.697. The van der Waals surface area contributed by atoms with Crippen molar-refractivity contribution in [1.82, 2.24) is 0 Å². The molecule has 1 aliphatic carbocycles. The topological polar surface area (TPSA) is 55.1 Å². The largest absolute Gasteiger partial charge is 0.416 e. The molecule has 1 amide bonds. The van der Waals surface area contributed by atoms with Gasteiger partial charge in [0, 0.05) is 11.6 Å². The van der Waals surface area contributed by atoms with E-state index in [2.05, 4.69) is 5.32 Å². The van der Waals surface area contributed by atoms with Crippen molar-refractivity contribution in [2.24, 2.45) is 5.92 Å². The maximum atomic E-state index is 13.1. The van der Waals surface area contributed by atoms with E-state index in [9.17, 15) is 18.0 Å². The first-order chi connectivity index (χ1) is 11.7. The van der Waals surface area contributed by atoms with Crippen molar-refractivity contribution in [1.29, 1.82) is 0 Å². The van der Waals surface area contributed by atoms with Gasteiger partial charge in [0.15, 0.2) is 0 Å². The van der Waals surface area contributed by atoms with E-state index in [0.717, 1.165) is 6.07 Å². The highest BCUT2D eigenvalue weighted by Crippen LogP contribution is 2.51. The Morgan fingerprint density at radius 2 is 1.76 bits per heavy atom. The summed E-state index contributed by atoms with van der Waals surface area (Å²) in [7, 11) is 0. The molecule has 0 aromatic heterocycles. The first-order valence-electron chi connectivity index (χ1n) is 7.40. The second-order valence-corrected chi connectivity index (χ2v) is 6.69. The molecule has 0 heterocycles. The third-order valence-corrected chi connectivity index (χ3v) is 4.76. The van der Waals surface area contributed by atoms with Gasteiger partial charge in [-0.3, -0.25) is 4.79 Å². The standard InChI is InChI=1S/C17H13Cl2F3N2O/c18-13-5-8(6-14(19)15(13)23)24-16(25)11-7-10(11)9-3-1-2-4-12(9)17(20,21)22/h1-6,10-11H,7,23H2,(H,24,25). The zero-order valence-electron chi connectivity index (χ0n) is 12.7. The molecular formula is C17H13Cl2F3N2O. The minimum atomic E-state index is -4.45. The summed E-state index contributed by atoms with van der Waals surface area (Å²) in [5, 5.41) is 3.01. The van der Waals surface area contributed by atoms with Crippen molar-refractivity contribution >= 4 is 40.5 Å². The highest BCUT2D eigenvalue weighted by atomic mass is 35.5. The number of halogens is 5. The normalized spacial score (nSPS) is 19.6. The highest BCUT2D eigenvalue weighted by molar-refractivity contribution is 6.39. The van der Waals surface area contributed by atoms with Crippen LogP contribution in [0, 0.1) is 5.92 Å². The molecule has 132 valence electrons. The molecular weight excluding hydrogens is 376 g/mol. The molecule has 3 nitrogen and oxygen atoms in total. The lowest BCUT2D eigenvalue weighted by atomic mass is 10.0.